The molecule has 0 bridgehead atoms. The fourth-order valence-electron chi connectivity index (χ4n) is 2.11. The molecule has 8 heteroatoms. The summed E-state index contributed by atoms with van der Waals surface area (Å²) in [5, 5.41) is 12.0. The molecule has 0 aliphatic rings. The van der Waals surface area contributed by atoms with E-state index in [0.29, 0.717) is 27.1 Å². The highest BCUT2D eigenvalue weighted by molar-refractivity contribution is 7.14. The predicted octanol–water partition coefficient (Wildman–Crippen LogP) is 4.60. The van der Waals surface area contributed by atoms with Crippen LogP contribution in [0.2, 0.25) is 5.02 Å². The zero-order valence-electron chi connectivity index (χ0n) is 13.2. The van der Waals surface area contributed by atoms with Crippen molar-refractivity contribution in [1.82, 2.24) is 4.98 Å². The average Bonchev–Trinajstić information content (AvgIpc) is 3.24. The Morgan fingerprint density at radius 3 is 2.80 bits per heavy atom. The number of halogens is 1. The molecule has 0 aliphatic carbocycles. The maximum Gasteiger partial charge on any atom is 0.258 e. The molecule has 25 heavy (non-hydrogen) atoms. The van der Waals surface area contributed by atoms with E-state index in [1.165, 1.54) is 22.7 Å². The summed E-state index contributed by atoms with van der Waals surface area (Å²) in [7, 11) is 0. The number of thiophene rings is 1. The van der Waals surface area contributed by atoms with Gasteiger partial charge in [-0.25, -0.2) is 4.98 Å². The van der Waals surface area contributed by atoms with Crippen molar-refractivity contribution in [1.29, 1.82) is 0 Å². The van der Waals surface area contributed by atoms with Crippen LogP contribution in [0.3, 0.4) is 0 Å². The fraction of sp³-hybridized carbons (Fsp3) is 0.118. The topological polar surface area (TPSA) is 71.1 Å². The van der Waals surface area contributed by atoms with Gasteiger partial charge in [0.15, 0.2) is 5.13 Å². The molecule has 5 nitrogen and oxygen atoms in total. The van der Waals surface area contributed by atoms with Crippen LogP contribution in [-0.4, -0.2) is 16.8 Å². The summed E-state index contributed by atoms with van der Waals surface area (Å²) in [4.78, 5) is 28.5. The number of hydrogen-bond acceptors (Lipinski definition) is 5. The molecule has 0 atom stereocenters. The van der Waals surface area contributed by atoms with Crippen LogP contribution in [0, 0.1) is 6.92 Å². The smallest absolute Gasteiger partial charge is 0.258 e. The molecule has 0 saturated carbocycles. The molecule has 2 N–H and O–H groups in total. The van der Waals surface area contributed by atoms with Crippen LogP contribution in [0.15, 0.2) is 40.4 Å². The molecule has 3 rings (SSSR count). The molecule has 2 amide bonds. The highest BCUT2D eigenvalue weighted by Gasteiger charge is 2.12. The number of thiazole rings is 1. The molecule has 2 aromatic heterocycles. The van der Waals surface area contributed by atoms with Crippen molar-refractivity contribution in [3.63, 3.8) is 0 Å². The summed E-state index contributed by atoms with van der Waals surface area (Å²) >= 11 is 8.79. The number of rotatable bonds is 5. The molecule has 0 spiro atoms. The minimum atomic E-state index is -0.207. The first-order valence-corrected chi connectivity index (χ1v) is 9.56. The summed E-state index contributed by atoms with van der Waals surface area (Å²) in [6.07, 6.45) is 0.122. The van der Waals surface area contributed by atoms with Gasteiger partial charge in [-0.2, -0.15) is 11.3 Å². The van der Waals surface area contributed by atoms with E-state index in [2.05, 4.69) is 15.6 Å². The van der Waals surface area contributed by atoms with E-state index in [4.69, 9.17) is 11.6 Å². The Kier molecular flexibility index (Phi) is 5.47. The third-order valence-electron chi connectivity index (χ3n) is 3.44. The third kappa shape index (κ3) is 4.45. The monoisotopic (exact) mass is 391 g/mol. The second-order valence-electron chi connectivity index (χ2n) is 5.25. The first kappa shape index (κ1) is 17.6. The number of anilines is 2. The Morgan fingerprint density at radius 1 is 1.20 bits per heavy atom. The van der Waals surface area contributed by atoms with Crippen LogP contribution < -0.4 is 10.6 Å². The van der Waals surface area contributed by atoms with Crippen molar-refractivity contribution in [3.8, 4) is 0 Å². The van der Waals surface area contributed by atoms with Gasteiger partial charge in [-0.15, -0.1) is 11.3 Å². The Bertz CT molecular complexity index is 907. The number of benzene rings is 1. The molecule has 0 fully saturated rings. The van der Waals surface area contributed by atoms with Gasteiger partial charge in [0.05, 0.1) is 17.7 Å². The van der Waals surface area contributed by atoms with Gasteiger partial charge in [-0.1, -0.05) is 17.7 Å². The van der Waals surface area contributed by atoms with Gasteiger partial charge in [0, 0.05) is 21.5 Å². The van der Waals surface area contributed by atoms with Crippen molar-refractivity contribution in [3.05, 3.63) is 62.2 Å². The van der Waals surface area contributed by atoms with Gasteiger partial charge < -0.3 is 5.32 Å². The van der Waals surface area contributed by atoms with Gasteiger partial charge >= 0.3 is 0 Å². The quantitative estimate of drug-likeness (QED) is 0.667. The number of carbonyl (C=O) groups excluding carboxylic acids is 2. The minimum Gasteiger partial charge on any atom is -0.325 e. The fourth-order valence-corrected chi connectivity index (χ4v) is 3.63. The zero-order chi connectivity index (χ0) is 17.8. The van der Waals surface area contributed by atoms with Crippen molar-refractivity contribution in [2.75, 3.05) is 10.6 Å². The van der Waals surface area contributed by atoms with Crippen molar-refractivity contribution < 1.29 is 9.59 Å². The van der Waals surface area contributed by atoms with Crippen LogP contribution >= 0.6 is 34.3 Å². The standard InChI is InChI=1S/C17H14ClN3O2S2/c1-10-13(18)3-2-4-14(10)20-15(22)7-12-9-25-17(19-12)21-16(23)11-5-6-24-8-11/h2-6,8-9H,7H2,1H3,(H,20,22)(H,19,21,23). The number of nitrogens with one attached hydrogen (secondary N) is 2. The van der Waals surface area contributed by atoms with Gasteiger partial charge in [0.25, 0.3) is 5.91 Å². The molecular formula is C17H14ClN3O2S2. The van der Waals surface area contributed by atoms with E-state index < -0.39 is 0 Å². The van der Waals surface area contributed by atoms with E-state index >= 15 is 0 Å². The number of aromatic nitrogens is 1. The van der Waals surface area contributed by atoms with Crippen molar-refractivity contribution in [2.24, 2.45) is 0 Å². The van der Waals surface area contributed by atoms with E-state index in [-0.39, 0.29) is 18.2 Å². The Morgan fingerprint density at radius 2 is 2.04 bits per heavy atom. The van der Waals surface area contributed by atoms with Gasteiger partial charge in [0.1, 0.15) is 0 Å². The largest absolute Gasteiger partial charge is 0.325 e. The summed E-state index contributed by atoms with van der Waals surface area (Å²) in [5.41, 5.74) is 2.69. The van der Waals surface area contributed by atoms with E-state index in [1.54, 1.807) is 35.0 Å². The molecule has 128 valence electrons. The van der Waals surface area contributed by atoms with Crippen molar-refractivity contribution >= 4 is 56.9 Å². The molecule has 0 radical (unpaired) electrons. The first-order valence-electron chi connectivity index (χ1n) is 7.36. The number of amides is 2. The Hall–Kier alpha value is -2.22. The third-order valence-corrected chi connectivity index (χ3v) is 5.34. The average molecular weight is 392 g/mol. The Labute approximate surface area is 157 Å². The molecular weight excluding hydrogens is 378 g/mol. The molecule has 0 unspecified atom stereocenters. The van der Waals surface area contributed by atoms with Crippen LogP contribution in [0.4, 0.5) is 10.8 Å². The lowest BCUT2D eigenvalue weighted by Crippen LogP contribution is -2.15. The van der Waals surface area contributed by atoms with E-state index in [9.17, 15) is 9.59 Å². The molecule has 0 aliphatic heterocycles. The van der Waals surface area contributed by atoms with Crippen LogP contribution in [0.5, 0.6) is 0 Å². The highest BCUT2D eigenvalue weighted by Crippen LogP contribution is 2.23. The van der Waals surface area contributed by atoms with Gasteiger partial charge in [0.2, 0.25) is 5.91 Å². The lowest BCUT2D eigenvalue weighted by atomic mass is 10.2. The number of carbonyl (C=O) groups is 2. The molecule has 0 saturated heterocycles. The van der Waals surface area contributed by atoms with Crippen LogP contribution in [0.25, 0.3) is 0 Å². The van der Waals surface area contributed by atoms with Crippen LogP contribution in [-0.2, 0) is 11.2 Å². The SMILES string of the molecule is Cc1c(Cl)cccc1NC(=O)Cc1csc(NC(=O)c2ccsc2)n1. The normalized spacial score (nSPS) is 10.5. The predicted molar refractivity (Wildman–Crippen MR) is 103 cm³/mol. The minimum absolute atomic E-state index is 0.122. The number of hydrogen-bond donors (Lipinski definition) is 2. The highest BCUT2D eigenvalue weighted by atomic mass is 35.5. The molecule has 2 heterocycles. The summed E-state index contributed by atoms with van der Waals surface area (Å²) in [6, 6.07) is 7.10. The van der Waals surface area contributed by atoms with Crippen LogP contribution in [0.1, 0.15) is 21.6 Å². The van der Waals surface area contributed by atoms with E-state index in [0.717, 1.165) is 5.56 Å². The van der Waals surface area contributed by atoms with Gasteiger partial charge in [-0.3, -0.25) is 14.9 Å². The first-order chi connectivity index (χ1) is 12.0. The summed E-state index contributed by atoms with van der Waals surface area (Å²) < 4.78 is 0. The second kappa shape index (κ2) is 7.77. The lowest BCUT2D eigenvalue weighted by Gasteiger charge is -2.08. The maximum absolute atomic E-state index is 12.2. The van der Waals surface area contributed by atoms with Gasteiger partial charge in [-0.05, 0) is 36.1 Å². The zero-order valence-corrected chi connectivity index (χ0v) is 15.6. The molecule has 1 aromatic carbocycles. The maximum atomic E-state index is 12.2. The molecule has 3 aromatic rings. The Balaban J connectivity index is 1.60. The second-order valence-corrected chi connectivity index (χ2v) is 7.29. The summed E-state index contributed by atoms with van der Waals surface area (Å²) in [6.45, 7) is 1.85. The number of nitrogens with zero attached hydrogens (tertiary/aromatic N) is 1. The van der Waals surface area contributed by atoms with E-state index in [1.807, 2.05) is 12.3 Å². The van der Waals surface area contributed by atoms with Crippen molar-refractivity contribution in [2.45, 2.75) is 13.3 Å². The summed E-state index contributed by atoms with van der Waals surface area (Å²) in [5.74, 6) is -0.396. The lowest BCUT2D eigenvalue weighted by molar-refractivity contribution is -0.115.